The van der Waals surface area contributed by atoms with Crippen molar-refractivity contribution in [2.45, 2.75) is 76.8 Å². The maximum absolute atomic E-state index is 14.5. The summed E-state index contributed by atoms with van der Waals surface area (Å²) in [5.74, 6) is -2.53. The van der Waals surface area contributed by atoms with Gasteiger partial charge in [-0.05, 0) is 38.3 Å². The van der Waals surface area contributed by atoms with E-state index in [1.54, 1.807) is 9.80 Å². The Labute approximate surface area is 231 Å². The first-order chi connectivity index (χ1) is 18.6. The summed E-state index contributed by atoms with van der Waals surface area (Å²) in [6.45, 7) is 10.3. The lowest BCUT2D eigenvalue weighted by atomic mass is 9.74. The Morgan fingerprint density at radius 3 is 2.31 bits per heavy atom. The Bertz CT molecular complexity index is 1180. The minimum atomic E-state index is -1.32. The number of carbonyl (C=O) groups excluding carboxylic acids is 3. The maximum Gasteiger partial charge on any atom is 0.249 e. The zero-order chi connectivity index (χ0) is 28.1. The van der Waals surface area contributed by atoms with Crippen LogP contribution in [0.3, 0.4) is 0 Å². The van der Waals surface area contributed by atoms with Gasteiger partial charge in [-0.15, -0.1) is 0 Å². The fourth-order valence-electron chi connectivity index (χ4n) is 7.27. The lowest BCUT2D eigenvalue weighted by molar-refractivity contribution is -0.156. The average molecular weight is 536 g/mol. The van der Waals surface area contributed by atoms with Crippen LogP contribution in [0.15, 0.2) is 54.6 Å². The molecule has 0 radical (unpaired) electrons. The normalized spacial score (nSPS) is 33.7. The Kier molecular flexibility index (Phi) is 7.22. The van der Waals surface area contributed by atoms with Crippen molar-refractivity contribution in [1.29, 1.82) is 0 Å². The molecule has 0 aromatic heterocycles. The van der Waals surface area contributed by atoms with Crippen LogP contribution in [-0.2, 0) is 19.1 Å². The minimum absolute atomic E-state index is 0.0255. The van der Waals surface area contributed by atoms with E-state index in [0.717, 1.165) is 18.5 Å². The molecule has 5 rings (SSSR count). The van der Waals surface area contributed by atoms with E-state index in [9.17, 15) is 19.5 Å². The highest BCUT2D eigenvalue weighted by Crippen LogP contribution is 2.58. The number of nitrogens with zero attached hydrogens (tertiary/aromatic N) is 3. The number of para-hydroxylation sites is 1. The largest absolute Gasteiger partial charge is 0.394 e. The molecule has 4 aliphatic rings. The molecule has 0 bridgehead atoms. The summed E-state index contributed by atoms with van der Waals surface area (Å²) in [4.78, 5) is 48.4. The van der Waals surface area contributed by atoms with E-state index in [1.807, 2.05) is 87.2 Å². The number of likely N-dealkylation sites (tertiary alicyclic amines) is 1. The summed E-state index contributed by atoms with van der Waals surface area (Å²) in [6.07, 6.45) is 9.37. The van der Waals surface area contributed by atoms with Gasteiger partial charge >= 0.3 is 0 Å². The van der Waals surface area contributed by atoms with Crippen LogP contribution >= 0.6 is 0 Å². The van der Waals surface area contributed by atoms with E-state index in [4.69, 9.17) is 4.74 Å². The molecule has 4 heterocycles. The molecule has 4 aliphatic heterocycles. The van der Waals surface area contributed by atoms with Gasteiger partial charge in [0.25, 0.3) is 0 Å². The van der Waals surface area contributed by atoms with Gasteiger partial charge in [0.15, 0.2) is 0 Å². The summed E-state index contributed by atoms with van der Waals surface area (Å²) in [7, 11) is 0. The predicted molar refractivity (Wildman–Crippen MR) is 149 cm³/mol. The molecule has 1 aromatic rings. The minimum Gasteiger partial charge on any atom is -0.394 e. The third kappa shape index (κ3) is 4.14. The number of rotatable bonds is 7. The van der Waals surface area contributed by atoms with Crippen LogP contribution < -0.4 is 4.90 Å². The van der Waals surface area contributed by atoms with Gasteiger partial charge in [0.1, 0.15) is 11.6 Å². The van der Waals surface area contributed by atoms with Crippen molar-refractivity contribution in [3.05, 3.63) is 54.6 Å². The molecule has 3 amide bonds. The molecule has 1 spiro atoms. The molecular formula is C31H41N3O5. The molecule has 1 aromatic carbocycles. The van der Waals surface area contributed by atoms with E-state index < -0.39 is 35.1 Å². The molecule has 39 heavy (non-hydrogen) atoms. The second kappa shape index (κ2) is 10.2. The summed E-state index contributed by atoms with van der Waals surface area (Å²) < 4.78 is 6.90. The molecule has 8 heteroatoms. The van der Waals surface area contributed by atoms with E-state index in [0.29, 0.717) is 13.1 Å². The number of benzene rings is 1. The summed E-state index contributed by atoms with van der Waals surface area (Å²) in [6, 6.07) is 7.85. The smallest absolute Gasteiger partial charge is 0.249 e. The lowest BCUT2D eigenvalue weighted by Crippen LogP contribution is -2.60. The highest BCUT2D eigenvalue weighted by molar-refractivity contribution is 6.04. The van der Waals surface area contributed by atoms with Gasteiger partial charge in [-0.2, -0.15) is 0 Å². The van der Waals surface area contributed by atoms with E-state index >= 15 is 0 Å². The van der Waals surface area contributed by atoms with Gasteiger partial charge in [0.05, 0.1) is 30.1 Å². The zero-order valence-corrected chi connectivity index (χ0v) is 23.6. The highest BCUT2D eigenvalue weighted by Gasteiger charge is 2.75. The summed E-state index contributed by atoms with van der Waals surface area (Å²) in [5.41, 5.74) is -1.65. The van der Waals surface area contributed by atoms with E-state index in [-0.39, 0.29) is 36.3 Å². The molecule has 0 aliphatic carbocycles. The van der Waals surface area contributed by atoms with Gasteiger partial charge < -0.3 is 24.5 Å². The monoisotopic (exact) mass is 535 g/mol. The van der Waals surface area contributed by atoms with Crippen LogP contribution in [0.5, 0.6) is 0 Å². The Morgan fingerprint density at radius 1 is 0.974 bits per heavy atom. The van der Waals surface area contributed by atoms with Gasteiger partial charge in [-0.25, -0.2) is 0 Å². The Balaban J connectivity index is 1.66. The molecular weight excluding hydrogens is 494 g/mol. The van der Waals surface area contributed by atoms with Crippen molar-refractivity contribution >= 4 is 23.4 Å². The number of anilines is 1. The number of fused-ring (bicyclic) bond motifs is 2. The molecule has 8 nitrogen and oxygen atoms in total. The Hall–Kier alpha value is -2.97. The summed E-state index contributed by atoms with van der Waals surface area (Å²) in [5, 5.41) is 10.4. The second-order valence-corrected chi connectivity index (χ2v) is 12.0. The van der Waals surface area contributed by atoms with Gasteiger partial charge in [-0.1, -0.05) is 69.7 Å². The van der Waals surface area contributed by atoms with E-state index in [1.165, 1.54) is 0 Å². The van der Waals surface area contributed by atoms with Gasteiger partial charge in [0, 0.05) is 24.8 Å². The molecule has 2 unspecified atom stereocenters. The molecule has 0 saturated carbocycles. The molecule has 2 fully saturated rings. The number of amides is 3. The number of ether oxygens (including phenoxy) is 1. The number of carbonyl (C=O) groups is 3. The standard InChI is InChI=1S/C31H41N3O5/c1-6-12-21(4)32-17-11-16-31-25(28(37)34(26(31)29(32)38)23(19-35)20(2)3)24-27(36)33(22-13-8-7-9-14-22)18-10-15-30(24,5)39-31/h7-11,13-16,20-21,23-26,35H,6,12,17-19H2,1-5H3/t21?,23-,24+,25-,26?,30-,31-/m0/s1. The van der Waals surface area contributed by atoms with Crippen molar-refractivity contribution in [3.8, 4) is 0 Å². The van der Waals surface area contributed by atoms with Crippen molar-refractivity contribution in [2.24, 2.45) is 17.8 Å². The third-order valence-corrected chi connectivity index (χ3v) is 9.15. The molecule has 1 N–H and O–H groups in total. The number of aliphatic hydroxyl groups is 1. The topological polar surface area (TPSA) is 90.4 Å². The first kappa shape index (κ1) is 27.6. The third-order valence-electron chi connectivity index (χ3n) is 9.15. The zero-order valence-electron chi connectivity index (χ0n) is 23.6. The Morgan fingerprint density at radius 2 is 1.67 bits per heavy atom. The lowest BCUT2D eigenvalue weighted by Gasteiger charge is -2.42. The fraction of sp³-hybridized carbons (Fsp3) is 0.581. The quantitative estimate of drug-likeness (QED) is 0.542. The van der Waals surface area contributed by atoms with Crippen molar-refractivity contribution in [2.75, 3.05) is 24.6 Å². The van der Waals surface area contributed by atoms with Crippen molar-refractivity contribution in [3.63, 3.8) is 0 Å². The van der Waals surface area contributed by atoms with Crippen LogP contribution in [0.1, 0.15) is 47.5 Å². The number of hydrogen-bond donors (Lipinski definition) is 1. The van der Waals surface area contributed by atoms with Crippen molar-refractivity contribution < 1.29 is 24.2 Å². The van der Waals surface area contributed by atoms with E-state index in [2.05, 4.69) is 6.92 Å². The highest BCUT2D eigenvalue weighted by atomic mass is 16.5. The van der Waals surface area contributed by atoms with Crippen LogP contribution in [0, 0.1) is 17.8 Å². The first-order valence-corrected chi connectivity index (χ1v) is 14.3. The van der Waals surface area contributed by atoms with Crippen LogP contribution in [0.25, 0.3) is 0 Å². The van der Waals surface area contributed by atoms with Crippen LogP contribution in [0.2, 0.25) is 0 Å². The predicted octanol–water partition coefficient (Wildman–Crippen LogP) is 3.16. The fourth-order valence-corrected chi connectivity index (χ4v) is 7.27. The van der Waals surface area contributed by atoms with Gasteiger partial charge in [-0.3, -0.25) is 14.4 Å². The van der Waals surface area contributed by atoms with Gasteiger partial charge in [0.2, 0.25) is 17.7 Å². The molecule has 2 saturated heterocycles. The maximum atomic E-state index is 14.5. The van der Waals surface area contributed by atoms with Crippen molar-refractivity contribution in [1.82, 2.24) is 9.80 Å². The second-order valence-electron chi connectivity index (χ2n) is 12.0. The molecule has 210 valence electrons. The van der Waals surface area contributed by atoms with Crippen LogP contribution in [0.4, 0.5) is 5.69 Å². The first-order valence-electron chi connectivity index (χ1n) is 14.3. The summed E-state index contributed by atoms with van der Waals surface area (Å²) >= 11 is 0. The van der Waals surface area contributed by atoms with Crippen LogP contribution in [-0.4, -0.2) is 81.7 Å². The molecule has 7 atom stereocenters. The average Bonchev–Trinajstić information content (AvgIpc) is 3.16. The SMILES string of the molecule is CCCC(C)N1CC=C[C@]23O[C@@]4(C)C=CCN(c5ccccc5)C(=O)[C@H]4[C@H]2C(=O)N([C@@H](CO)C(C)C)C3C1=O. The number of hydrogen-bond acceptors (Lipinski definition) is 5. The number of aliphatic hydroxyl groups excluding tert-OH is 1.